The van der Waals surface area contributed by atoms with Crippen molar-refractivity contribution in [2.24, 2.45) is 0 Å². The average molecular weight is 441 g/mol. The molecule has 0 saturated carbocycles. The number of nitriles is 1. The number of nitrogens with zero attached hydrogens (tertiary/aromatic N) is 2. The summed E-state index contributed by atoms with van der Waals surface area (Å²) in [5, 5.41) is 22.6. The second kappa shape index (κ2) is 8.77. The molecular weight excluding hydrogens is 427 g/mol. The second-order valence-electron chi connectivity index (χ2n) is 6.66. The minimum Gasteiger partial charge on any atom is -0.457 e. The summed E-state index contributed by atoms with van der Waals surface area (Å²) in [6, 6.07) is 12.9. The van der Waals surface area contributed by atoms with Gasteiger partial charge in [-0.2, -0.15) is 18.4 Å². The van der Waals surface area contributed by atoms with Crippen molar-refractivity contribution in [3.63, 3.8) is 0 Å². The lowest BCUT2D eigenvalue weighted by molar-refractivity contribution is -0.384. The zero-order valence-electron chi connectivity index (χ0n) is 16.4. The third-order valence-electron chi connectivity index (χ3n) is 4.42. The molecule has 3 aromatic rings. The quantitative estimate of drug-likeness (QED) is 0.235. The number of hydrogen-bond acceptors (Lipinski definition) is 5. The Balaban J connectivity index is 1.85. The van der Waals surface area contributed by atoms with Crippen LogP contribution in [0.5, 0.6) is 0 Å². The van der Waals surface area contributed by atoms with E-state index in [4.69, 9.17) is 4.42 Å². The standard InChI is InChI=1S/C22H14F3N3O4/c1-13-5-6-17(28(30)31)11-19(13)20-8-7-18(32-20)9-14(12-26)21(29)27-16-4-2-3-15(10-16)22(23,24)25/h2-11H,1H3,(H,27,29)/b14-9-. The van der Waals surface area contributed by atoms with Crippen LogP contribution in [0.3, 0.4) is 0 Å². The van der Waals surface area contributed by atoms with Crippen molar-refractivity contribution in [3.05, 3.63) is 87.2 Å². The molecule has 0 saturated heterocycles. The molecule has 3 rings (SSSR count). The number of non-ortho nitro benzene ring substituents is 1. The summed E-state index contributed by atoms with van der Waals surface area (Å²) in [6.45, 7) is 1.74. The number of alkyl halides is 3. The molecule has 1 heterocycles. The molecule has 10 heteroatoms. The fourth-order valence-electron chi connectivity index (χ4n) is 2.83. The van der Waals surface area contributed by atoms with E-state index in [9.17, 15) is 33.3 Å². The first-order valence-corrected chi connectivity index (χ1v) is 9.04. The fraction of sp³-hybridized carbons (Fsp3) is 0.0909. The van der Waals surface area contributed by atoms with E-state index >= 15 is 0 Å². The predicted octanol–water partition coefficient (Wildman–Crippen LogP) is 5.73. The molecular formula is C22H14F3N3O4. The summed E-state index contributed by atoms with van der Waals surface area (Å²) in [4.78, 5) is 22.8. The molecule has 1 amide bonds. The van der Waals surface area contributed by atoms with Crippen LogP contribution in [-0.2, 0) is 11.0 Å². The van der Waals surface area contributed by atoms with Gasteiger partial charge in [0.1, 0.15) is 23.2 Å². The van der Waals surface area contributed by atoms with Crippen molar-refractivity contribution in [2.45, 2.75) is 13.1 Å². The molecule has 0 atom stereocenters. The van der Waals surface area contributed by atoms with Crippen LogP contribution in [0, 0.1) is 28.4 Å². The summed E-state index contributed by atoms with van der Waals surface area (Å²) >= 11 is 0. The number of nitro benzene ring substituents is 1. The van der Waals surface area contributed by atoms with E-state index in [0.29, 0.717) is 11.1 Å². The number of nitro groups is 1. The number of amides is 1. The Morgan fingerprint density at radius 2 is 1.94 bits per heavy atom. The highest BCUT2D eigenvalue weighted by molar-refractivity contribution is 6.09. The van der Waals surface area contributed by atoms with Gasteiger partial charge >= 0.3 is 6.18 Å². The van der Waals surface area contributed by atoms with Crippen molar-refractivity contribution < 1.29 is 27.3 Å². The Hall–Kier alpha value is -4.39. The van der Waals surface area contributed by atoms with Crippen LogP contribution in [0.4, 0.5) is 24.5 Å². The van der Waals surface area contributed by atoms with Gasteiger partial charge in [-0.25, -0.2) is 0 Å². The molecule has 0 aliphatic rings. The molecule has 0 unspecified atom stereocenters. The highest BCUT2D eigenvalue weighted by Crippen LogP contribution is 2.31. The molecule has 0 radical (unpaired) electrons. The lowest BCUT2D eigenvalue weighted by Crippen LogP contribution is -2.14. The normalized spacial score (nSPS) is 11.7. The number of furan rings is 1. The number of hydrogen-bond donors (Lipinski definition) is 1. The zero-order chi connectivity index (χ0) is 23.5. The summed E-state index contributed by atoms with van der Waals surface area (Å²) in [6.07, 6.45) is -3.46. The van der Waals surface area contributed by atoms with Gasteiger partial charge in [0.25, 0.3) is 11.6 Å². The summed E-state index contributed by atoms with van der Waals surface area (Å²) in [7, 11) is 0. The van der Waals surface area contributed by atoms with Crippen molar-refractivity contribution in [1.29, 1.82) is 5.26 Å². The molecule has 0 fully saturated rings. The summed E-state index contributed by atoms with van der Waals surface area (Å²) < 4.78 is 44.1. The van der Waals surface area contributed by atoms with Crippen molar-refractivity contribution in [3.8, 4) is 17.4 Å². The maximum absolute atomic E-state index is 12.8. The van der Waals surface area contributed by atoms with Gasteiger partial charge in [0.05, 0.1) is 10.5 Å². The number of nitrogens with one attached hydrogen (secondary N) is 1. The van der Waals surface area contributed by atoms with Gasteiger partial charge < -0.3 is 9.73 Å². The summed E-state index contributed by atoms with van der Waals surface area (Å²) in [5.41, 5.74) is -0.426. The number of carbonyl (C=O) groups is 1. The van der Waals surface area contributed by atoms with Crippen LogP contribution in [0.25, 0.3) is 17.4 Å². The third-order valence-corrected chi connectivity index (χ3v) is 4.42. The maximum atomic E-state index is 12.8. The second-order valence-corrected chi connectivity index (χ2v) is 6.66. The highest BCUT2D eigenvalue weighted by Gasteiger charge is 2.30. The Morgan fingerprint density at radius 3 is 2.59 bits per heavy atom. The van der Waals surface area contributed by atoms with Gasteiger partial charge in [0.15, 0.2) is 0 Å². The molecule has 0 spiro atoms. The van der Waals surface area contributed by atoms with Gasteiger partial charge in [0.2, 0.25) is 0 Å². The summed E-state index contributed by atoms with van der Waals surface area (Å²) in [5.74, 6) is -0.522. The lowest BCUT2D eigenvalue weighted by Gasteiger charge is -2.09. The Kier molecular flexibility index (Phi) is 6.11. The van der Waals surface area contributed by atoms with E-state index < -0.39 is 28.1 Å². The molecule has 162 valence electrons. The Labute approximate surface area is 179 Å². The van der Waals surface area contributed by atoms with Gasteiger partial charge in [-0.15, -0.1) is 0 Å². The third kappa shape index (κ3) is 5.02. The topological polar surface area (TPSA) is 109 Å². The first kappa shape index (κ1) is 22.3. The van der Waals surface area contributed by atoms with Crippen LogP contribution >= 0.6 is 0 Å². The van der Waals surface area contributed by atoms with E-state index in [1.807, 2.05) is 0 Å². The minimum atomic E-state index is -4.58. The van der Waals surface area contributed by atoms with Crippen molar-refractivity contribution in [1.82, 2.24) is 0 Å². The van der Waals surface area contributed by atoms with Crippen LogP contribution in [0.2, 0.25) is 0 Å². The van der Waals surface area contributed by atoms with E-state index in [-0.39, 0.29) is 22.9 Å². The van der Waals surface area contributed by atoms with Gasteiger partial charge in [-0.05, 0) is 42.8 Å². The lowest BCUT2D eigenvalue weighted by atomic mass is 10.1. The number of benzene rings is 2. The molecule has 0 bridgehead atoms. The van der Waals surface area contributed by atoms with E-state index in [1.54, 1.807) is 19.1 Å². The van der Waals surface area contributed by atoms with E-state index in [1.165, 1.54) is 30.3 Å². The largest absolute Gasteiger partial charge is 0.457 e. The van der Waals surface area contributed by atoms with E-state index in [2.05, 4.69) is 5.32 Å². The van der Waals surface area contributed by atoms with E-state index in [0.717, 1.165) is 24.3 Å². The molecule has 0 aliphatic carbocycles. The maximum Gasteiger partial charge on any atom is 0.416 e. The monoisotopic (exact) mass is 441 g/mol. The molecule has 32 heavy (non-hydrogen) atoms. The minimum absolute atomic E-state index is 0.113. The number of anilines is 1. The molecule has 1 N–H and O–H groups in total. The zero-order valence-corrected chi connectivity index (χ0v) is 16.4. The van der Waals surface area contributed by atoms with Gasteiger partial charge in [-0.3, -0.25) is 14.9 Å². The van der Waals surface area contributed by atoms with Crippen molar-refractivity contribution >= 4 is 23.4 Å². The first-order chi connectivity index (χ1) is 15.1. The number of aryl methyl sites for hydroxylation is 1. The highest BCUT2D eigenvalue weighted by atomic mass is 19.4. The van der Waals surface area contributed by atoms with Crippen LogP contribution < -0.4 is 5.32 Å². The Bertz CT molecular complexity index is 1270. The van der Waals surface area contributed by atoms with Crippen LogP contribution in [0.1, 0.15) is 16.9 Å². The van der Waals surface area contributed by atoms with Gasteiger partial charge in [-0.1, -0.05) is 12.1 Å². The average Bonchev–Trinajstić information content (AvgIpc) is 3.20. The molecule has 2 aromatic carbocycles. The number of rotatable bonds is 5. The first-order valence-electron chi connectivity index (χ1n) is 9.04. The predicted molar refractivity (Wildman–Crippen MR) is 109 cm³/mol. The number of halogens is 3. The fourth-order valence-corrected chi connectivity index (χ4v) is 2.83. The molecule has 0 aliphatic heterocycles. The smallest absolute Gasteiger partial charge is 0.416 e. The van der Waals surface area contributed by atoms with Crippen LogP contribution in [-0.4, -0.2) is 10.8 Å². The van der Waals surface area contributed by atoms with Crippen molar-refractivity contribution in [2.75, 3.05) is 5.32 Å². The van der Waals surface area contributed by atoms with Crippen LogP contribution in [0.15, 0.2) is 64.6 Å². The SMILES string of the molecule is Cc1ccc([N+](=O)[O-])cc1-c1ccc(/C=C(/C#N)C(=O)Nc2cccc(C(F)(F)F)c2)o1. The number of carbonyl (C=O) groups excluding carboxylic acids is 1. The van der Waals surface area contributed by atoms with Gasteiger partial charge in [0, 0.05) is 29.5 Å². The molecule has 7 nitrogen and oxygen atoms in total. The molecule has 1 aromatic heterocycles. The Morgan fingerprint density at radius 1 is 1.19 bits per heavy atom.